The van der Waals surface area contributed by atoms with Gasteiger partial charge in [0.25, 0.3) is 0 Å². The smallest absolute Gasteiger partial charge is 0.432 e. The molecule has 0 heterocycles. The van der Waals surface area contributed by atoms with Crippen molar-refractivity contribution in [3.05, 3.63) is 70.8 Å². The maximum absolute atomic E-state index is 11.8. The van der Waals surface area contributed by atoms with E-state index in [1.165, 1.54) is 38.5 Å². The Kier molecular flexibility index (Phi) is 19.9. The molecule has 0 aromatic heterocycles. The average Bonchev–Trinajstić information content (AvgIpc) is 3.04. The molecule has 2 aromatic carbocycles. The van der Waals surface area contributed by atoms with Gasteiger partial charge in [-0.15, -0.1) is 0 Å². The van der Waals surface area contributed by atoms with E-state index in [-0.39, 0.29) is 24.3 Å². The lowest BCUT2D eigenvalue weighted by Gasteiger charge is -2.05. The molecule has 254 valence electrons. The van der Waals surface area contributed by atoms with Crippen LogP contribution in [0.5, 0.6) is 0 Å². The van der Waals surface area contributed by atoms with Crippen LogP contribution in [0.2, 0.25) is 0 Å². The highest BCUT2D eigenvalue weighted by Crippen LogP contribution is 2.14. The Morgan fingerprint density at radius 3 is 1.11 bits per heavy atom. The van der Waals surface area contributed by atoms with Crippen LogP contribution in [-0.2, 0) is 39.1 Å². The van der Waals surface area contributed by atoms with Crippen molar-refractivity contribution in [3.8, 4) is 0 Å². The fourth-order valence-corrected chi connectivity index (χ4v) is 4.48. The molecule has 0 aliphatic rings. The third-order valence-corrected chi connectivity index (χ3v) is 6.91. The van der Waals surface area contributed by atoms with Gasteiger partial charge in [-0.25, -0.2) is 29.0 Å². The average molecular weight is 647 g/mol. The Balaban J connectivity index is 1.26. The van der Waals surface area contributed by atoms with Crippen molar-refractivity contribution in [1.82, 2.24) is 0 Å². The first-order valence-corrected chi connectivity index (χ1v) is 15.9. The molecule has 0 N–H and O–H groups in total. The number of ether oxygens (including phenoxy) is 2. The van der Waals surface area contributed by atoms with Gasteiger partial charge in [-0.1, -0.05) is 112 Å². The number of carbonyl (C=O) groups is 4. The maximum Gasteiger partial charge on any atom is 0.543 e. The quantitative estimate of drug-likeness (QED) is 0.0493. The van der Waals surface area contributed by atoms with Crippen LogP contribution in [0.25, 0.3) is 0 Å². The number of hydrogen-bond donors (Lipinski definition) is 0. The Morgan fingerprint density at radius 1 is 0.457 bits per heavy atom. The Hall–Kier alpha value is -4.16. The number of benzene rings is 2. The van der Waals surface area contributed by atoms with Crippen LogP contribution in [0.1, 0.15) is 122 Å². The Bertz CT molecular complexity index is 1090. The van der Waals surface area contributed by atoms with Crippen molar-refractivity contribution < 1.29 is 58.3 Å². The van der Waals surface area contributed by atoms with Crippen molar-refractivity contribution in [2.75, 3.05) is 13.2 Å². The summed E-state index contributed by atoms with van der Waals surface area (Å²) in [6.45, 7) is 4.08. The summed E-state index contributed by atoms with van der Waals surface area (Å²) in [6.07, 6.45) is 12.9. The van der Waals surface area contributed by atoms with Crippen molar-refractivity contribution in [1.29, 1.82) is 0 Å². The van der Waals surface area contributed by atoms with Crippen molar-refractivity contribution in [2.45, 2.75) is 104 Å². The lowest BCUT2D eigenvalue weighted by atomic mass is 10.0. The SMILES string of the molecule is Cc1cccc(C(=O)OOOC(=O)OCCCCCCCCCCCCCCCCOC(=O)OOOC(=O)c2cccc(C)c2)c1. The summed E-state index contributed by atoms with van der Waals surface area (Å²) >= 11 is 0. The highest BCUT2D eigenvalue weighted by molar-refractivity contribution is 5.89. The zero-order valence-corrected chi connectivity index (χ0v) is 26.8. The predicted molar refractivity (Wildman–Crippen MR) is 165 cm³/mol. The molecule has 0 aliphatic carbocycles. The Morgan fingerprint density at radius 2 is 0.783 bits per heavy atom. The van der Waals surface area contributed by atoms with Gasteiger partial charge in [0, 0.05) is 0 Å². The third kappa shape index (κ3) is 18.6. The van der Waals surface area contributed by atoms with E-state index in [0.717, 1.165) is 62.5 Å². The number of unbranched alkanes of at least 4 members (excludes halogenated alkanes) is 13. The second kappa shape index (κ2) is 24.1. The van der Waals surface area contributed by atoms with E-state index >= 15 is 0 Å². The van der Waals surface area contributed by atoms with Crippen LogP contribution in [0.15, 0.2) is 48.5 Å². The van der Waals surface area contributed by atoms with Crippen LogP contribution < -0.4 is 0 Å². The molecule has 0 spiro atoms. The van der Waals surface area contributed by atoms with Gasteiger partial charge in [-0.3, -0.25) is 9.78 Å². The molecule has 0 aliphatic heterocycles. The molecule has 0 amide bonds. The van der Waals surface area contributed by atoms with Crippen LogP contribution in [0.4, 0.5) is 9.59 Å². The minimum absolute atomic E-state index is 0.205. The van der Waals surface area contributed by atoms with Crippen LogP contribution in [0, 0.1) is 13.8 Å². The van der Waals surface area contributed by atoms with Crippen LogP contribution in [-0.4, -0.2) is 37.5 Å². The van der Waals surface area contributed by atoms with E-state index in [1.54, 1.807) is 36.4 Å². The first-order valence-electron chi connectivity index (χ1n) is 15.9. The Labute approximate surface area is 270 Å². The fraction of sp³-hybridized carbons (Fsp3) is 0.529. The lowest BCUT2D eigenvalue weighted by Crippen LogP contribution is -2.12. The third-order valence-electron chi connectivity index (χ3n) is 6.91. The van der Waals surface area contributed by atoms with E-state index < -0.39 is 24.2 Å². The minimum Gasteiger partial charge on any atom is -0.432 e. The number of rotatable bonds is 23. The largest absolute Gasteiger partial charge is 0.543 e. The topological polar surface area (TPSA) is 142 Å². The first-order chi connectivity index (χ1) is 22.3. The van der Waals surface area contributed by atoms with Crippen molar-refractivity contribution >= 4 is 24.2 Å². The molecule has 0 saturated heterocycles. The van der Waals surface area contributed by atoms with Crippen molar-refractivity contribution in [2.24, 2.45) is 0 Å². The molecule has 46 heavy (non-hydrogen) atoms. The van der Waals surface area contributed by atoms with E-state index in [9.17, 15) is 19.2 Å². The summed E-state index contributed by atoms with van der Waals surface area (Å²) < 4.78 is 9.78. The highest BCUT2D eigenvalue weighted by atomic mass is 17.5. The molecule has 0 bridgehead atoms. The summed E-state index contributed by atoms with van der Waals surface area (Å²) in [5.74, 6) is -1.55. The summed E-state index contributed by atoms with van der Waals surface area (Å²) in [5, 5.41) is 8.42. The molecule has 2 rings (SSSR count). The van der Waals surface area contributed by atoms with Gasteiger partial charge in [-0.05, 0) is 51.0 Å². The van der Waals surface area contributed by atoms with E-state index in [2.05, 4.69) is 29.6 Å². The van der Waals surface area contributed by atoms with Gasteiger partial charge in [0.15, 0.2) is 0 Å². The summed E-state index contributed by atoms with van der Waals surface area (Å²) in [4.78, 5) is 64.0. The molecule has 0 fully saturated rings. The maximum atomic E-state index is 11.8. The van der Waals surface area contributed by atoms with E-state index in [0.29, 0.717) is 0 Å². The van der Waals surface area contributed by atoms with Gasteiger partial charge in [0.2, 0.25) is 0 Å². The molecule has 0 radical (unpaired) electrons. The number of carbonyl (C=O) groups excluding carboxylic acids is 4. The second-order valence-electron chi connectivity index (χ2n) is 10.9. The molecule has 0 atom stereocenters. The first kappa shape index (κ1) is 38.0. The molecular formula is C34H46O12. The van der Waals surface area contributed by atoms with Gasteiger partial charge in [0.05, 0.1) is 34.4 Å². The molecule has 12 nitrogen and oxygen atoms in total. The summed E-state index contributed by atoms with van der Waals surface area (Å²) in [7, 11) is 0. The van der Waals surface area contributed by atoms with Gasteiger partial charge >= 0.3 is 24.2 Å². The fourth-order valence-electron chi connectivity index (χ4n) is 4.48. The van der Waals surface area contributed by atoms with Crippen LogP contribution in [0.3, 0.4) is 0 Å². The molecule has 12 heteroatoms. The van der Waals surface area contributed by atoms with Crippen molar-refractivity contribution in [3.63, 3.8) is 0 Å². The summed E-state index contributed by atoms with van der Waals surface area (Å²) in [6, 6.07) is 13.4. The predicted octanol–water partition coefficient (Wildman–Crippen LogP) is 8.78. The molecule has 0 unspecified atom stereocenters. The monoisotopic (exact) mass is 646 g/mol. The van der Waals surface area contributed by atoms with E-state index in [1.807, 2.05) is 26.0 Å². The van der Waals surface area contributed by atoms with Gasteiger partial charge in [0.1, 0.15) is 0 Å². The summed E-state index contributed by atoms with van der Waals surface area (Å²) in [5.41, 5.74) is 2.33. The lowest BCUT2D eigenvalue weighted by molar-refractivity contribution is -0.452. The number of hydrogen-bond acceptors (Lipinski definition) is 12. The van der Waals surface area contributed by atoms with Gasteiger partial charge < -0.3 is 9.47 Å². The molecule has 0 saturated carbocycles. The minimum atomic E-state index is -1.06. The number of aryl methyl sites for hydroxylation is 2. The zero-order valence-electron chi connectivity index (χ0n) is 26.8. The zero-order chi connectivity index (χ0) is 33.2. The molecular weight excluding hydrogens is 600 g/mol. The second-order valence-corrected chi connectivity index (χ2v) is 10.9. The molecule has 2 aromatic rings. The van der Waals surface area contributed by atoms with Crippen LogP contribution >= 0.6 is 0 Å². The normalized spacial score (nSPS) is 10.6. The van der Waals surface area contributed by atoms with Gasteiger partial charge in [-0.2, -0.15) is 0 Å². The highest BCUT2D eigenvalue weighted by Gasteiger charge is 2.13. The standard InChI is InChI=1S/C34H46O12/c1-27-19-17-21-29(25-27)31(35)41-45-43-33(37)39-23-15-13-11-9-7-5-3-4-6-8-10-12-14-16-24-40-34(38)44-46-42-32(36)30-22-18-20-28(2)26-30/h17-22,25-26H,3-16,23-24H2,1-2H3. The van der Waals surface area contributed by atoms with E-state index in [4.69, 9.17) is 9.47 Å².